The molecule has 3 rings (SSSR count). The van der Waals surface area contributed by atoms with Crippen molar-refractivity contribution < 1.29 is 19.4 Å². The molecule has 0 saturated carbocycles. The molecule has 0 radical (unpaired) electrons. The second-order valence-corrected chi connectivity index (χ2v) is 5.77. The van der Waals surface area contributed by atoms with Gasteiger partial charge in [0.15, 0.2) is 11.5 Å². The molecular formula is C20H15ClO4. The van der Waals surface area contributed by atoms with Crippen LogP contribution in [0.4, 0.5) is 0 Å². The SMILES string of the molecule is C=C/C=C(\C=C)C1(c2ccccc2)Oc2cc(Cl)cc(C(=O)O)c2O1. The molecule has 1 aliphatic rings. The molecule has 1 N–H and O–H groups in total. The largest absolute Gasteiger partial charge is 0.478 e. The van der Waals surface area contributed by atoms with E-state index in [2.05, 4.69) is 13.2 Å². The first kappa shape index (κ1) is 16.9. The molecule has 0 saturated heterocycles. The van der Waals surface area contributed by atoms with E-state index in [-0.39, 0.29) is 22.1 Å². The fourth-order valence-corrected chi connectivity index (χ4v) is 2.94. The number of benzene rings is 2. The van der Waals surface area contributed by atoms with E-state index in [0.717, 1.165) is 0 Å². The summed E-state index contributed by atoms with van der Waals surface area (Å²) in [5.74, 6) is -2.14. The van der Waals surface area contributed by atoms with Gasteiger partial charge in [0.1, 0.15) is 5.56 Å². The van der Waals surface area contributed by atoms with Crippen LogP contribution in [0, 0.1) is 0 Å². The standard InChI is InChI=1S/C20H15ClO4/c1-3-8-13(4-2)20(14-9-6-5-7-10-14)24-17-12-15(21)11-16(19(22)23)18(17)25-20/h3-12H,1-2H2,(H,22,23)/b13-8+. The Balaban J connectivity index is 2.24. The van der Waals surface area contributed by atoms with Gasteiger partial charge in [-0.1, -0.05) is 73.3 Å². The van der Waals surface area contributed by atoms with Gasteiger partial charge in [0, 0.05) is 22.2 Å². The number of carbonyl (C=O) groups is 1. The van der Waals surface area contributed by atoms with Crippen molar-refractivity contribution in [1.29, 1.82) is 0 Å². The number of carboxylic acid groups (broad SMARTS) is 1. The fourth-order valence-electron chi connectivity index (χ4n) is 2.73. The predicted molar refractivity (Wildman–Crippen MR) is 96.3 cm³/mol. The summed E-state index contributed by atoms with van der Waals surface area (Å²) in [6.45, 7) is 7.52. The highest BCUT2D eigenvalue weighted by molar-refractivity contribution is 6.31. The summed E-state index contributed by atoms with van der Waals surface area (Å²) in [4.78, 5) is 11.6. The molecule has 0 amide bonds. The predicted octanol–water partition coefficient (Wildman–Crippen LogP) is 4.96. The number of hydrogen-bond acceptors (Lipinski definition) is 3. The van der Waals surface area contributed by atoms with Gasteiger partial charge in [-0.15, -0.1) is 0 Å². The molecule has 126 valence electrons. The van der Waals surface area contributed by atoms with Crippen LogP contribution in [-0.2, 0) is 5.79 Å². The maximum absolute atomic E-state index is 11.6. The van der Waals surface area contributed by atoms with Gasteiger partial charge < -0.3 is 14.6 Å². The lowest BCUT2D eigenvalue weighted by molar-refractivity contribution is -0.0468. The Bertz CT molecular complexity index is 886. The van der Waals surface area contributed by atoms with Crippen molar-refractivity contribution in [3.8, 4) is 11.5 Å². The Morgan fingerprint density at radius 1 is 1.16 bits per heavy atom. The molecule has 0 bridgehead atoms. The van der Waals surface area contributed by atoms with Crippen LogP contribution in [0.3, 0.4) is 0 Å². The zero-order valence-electron chi connectivity index (χ0n) is 13.2. The van der Waals surface area contributed by atoms with Crippen molar-refractivity contribution in [3.63, 3.8) is 0 Å². The van der Waals surface area contributed by atoms with Crippen LogP contribution in [0.1, 0.15) is 15.9 Å². The van der Waals surface area contributed by atoms with Gasteiger partial charge in [0.25, 0.3) is 0 Å². The molecule has 1 heterocycles. The van der Waals surface area contributed by atoms with Gasteiger partial charge in [0.05, 0.1) is 0 Å². The van der Waals surface area contributed by atoms with E-state index >= 15 is 0 Å². The van der Waals surface area contributed by atoms with Crippen LogP contribution in [0.15, 0.2) is 79.4 Å². The van der Waals surface area contributed by atoms with Gasteiger partial charge in [-0.25, -0.2) is 4.79 Å². The number of ether oxygens (including phenoxy) is 2. The summed E-state index contributed by atoms with van der Waals surface area (Å²) in [6, 6.07) is 12.1. The first-order valence-corrected chi connectivity index (χ1v) is 7.85. The summed E-state index contributed by atoms with van der Waals surface area (Å²) in [7, 11) is 0. The molecule has 25 heavy (non-hydrogen) atoms. The molecule has 0 aromatic heterocycles. The van der Waals surface area contributed by atoms with Gasteiger partial charge in [-0.3, -0.25) is 0 Å². The Morgan fingerprint density at radius 3 is 2.48 bits per heavy atom. The van der Waals surface area contributed by atoms with Gasteiger partial charge >= 0.3 is 11.8 Å². The van der Waals surface area contributed by atoms with Crippen molar-refractivity contribution in [2.75, 3.05) is 0 Å². The van der Waals surface area contributed by atoms with Crippen molar-refractivity contribution >= 4 is 17.6 Å². The monoisotopic (exact) mass is 354 g/mol. The highest BCUT2D eigenvalue weighted by atomic mass is 35.5. The number of halogens is 1. The summed E-state index contributed by atoms with van der Waals surface area (Å²) in [6.07, 6.45) is 4.87. The Morgan fingerprint density at radius 2 is 1.88 bits per heavy atom. The van der Waals surface area contributed by atoms with Crippen LogP contribution in [0.2, 0.25) is 5.02 Å². The number of hydrogen-bond donors (Lipinski definition) is 1. The Kier molecular flexibility index (Phi) is 4.38. The lowest BCUT2D eigenvalue weighted by atomic mass is 9.96. The highest BCUT2D eigenvalue weighted by Crippen LogP contribution is 2.50. The zero-order chi connectivity index (χ0) is 18.0. The lowest BCUT2D eigenvalue weighted by Crippen LogP contribution is -2.37. The molecule has 1 aliphatic heterocycles. The minimum atomic E-state index is -1.37. The van der Waals surface area contributed by atoms with E-state index in [0.29, 0.717) is 11.1 Å². The number of fused-ring (bicyclic) bond motifs is 1. The normalized spacial score (nSPS) is 18.7. The van der Waals surface area contributed by atoms with E-state index < -0.39 is 11.8 Å². The van der Waals surface area contributed by atoms with Crippen molar-refractivity contribution in [2.24, 2.45) is 0 Å². The third-order valence-corrected chi connectivity index (χ3v) is 4.02. The molecule has 0 aliphatic carbocycles. The average molecular weight is 355 g/mol. The number of aromatic carboxylic acids is 1. The van der Waals surface area contributed by atoms with Crippen molar-refractivity contribution in [1.82, 2.24) is 0 Å². The maximum atomic E-state index is 11.6. The molecule has 4 nitrogen and oxygen atoms in total. The first-order chi connectivity index (χ1) is 12.0. The van der Waals surface area contributed by atoms with E-state index in [1.165, 1.54) is 12.1 Å². The van der Waals surface area contributed by atoms with Crippen molar-refractivity contribution in [2.45, 2.75) is 5.79 Å². The Labute approximate surface area is 150 Å². The minimum Gasteiger partial charge on any atom is -0.478 e. The lowest BCUT2D eigenvalue weighted by Gasteiger charge is -2.29. The quantitative estimate of drug-likeness (QED) is 0.771. The second kappa shape index (κ2) is 6.49. The van der Waals surface area contributed by atoms with Crippen LogP contribution in [0.5, 0.6) is 11.5 Å². The summed E-state index contributed by atoms with van der Waals surface area (Å²) in [5, 5.41) is 9.71. The number of allylic oxidation sites excluding steroid dienone is 2. The van der Waals surface area contributed by atoms with Crippen LogP contribution >= 0.6 is 11.6 Å². The summed E-state index contributed by atoms with van der Waals surface area (Å²) >= 11 is 6.04. The molecule has 1 atom stereocenters. The average Bonchev–Trinajstić information content (AvgIpc) is 2.99. The Hall–Kier alpha value is -2.98. The van der Waals surface area contributed by atoms with E-state index in [1.54, 1.807) is 18.2 Å². The van der Waals surface area contributed by atoms with Crippen LogP contribution < -0.4 is 9.47 Å². The van der Waals surface area contributed by atoms with E-state index in [4.69, 9.17) is 21.1 Å². The molecule has 2 aromatic carbocycles. The molecule has 5 heteroatoms. The second-order valence-electron chi connectivity index (χ2n) is 5.33. The minimum absolute atomic E-state index is 0.0673. The third-order valence-electron chi connectivity index (χ3n) is 3.80. The van der Waals surface area contributed by atoms with E-state index in [1.807, 2.05) is 30.3 Å². The van der Waals surface area contributed by atoms with Crippen LogP contribution in [-0.4, -0.2) is 11.1 Å². The highest BCUT2D eigenvalue weighted by Gasteiger charge is 2.47. The number of rotatable bonds is 5. The summed E-state index contributed by atoms with van der Waals surface area (Å²) in [5.41, 5.74) is 1.20. The van der Waals surface area contributed by atoms with Crippen LogP contribution in [0.25, 0.3) is 0 Å². The van der Waals surface area contributed by atoms with Crippen molar-refractivity contribution in [3.05, 3.63) is 95.6 Å². The van der Waals surface area contributed by atoms with Gasteiger partial charge in [-0.2, -0.15) is 0 Å². The van der Waals surface area contributed by atoms with E-state index in [9.17, 15) is 9.90 Å². The first-order valence-electron chi connectivity index (χ1n) is 7.48. The molecule has 1 unspecified atom stereocenters. The maximum Gasteiger partial charge on any atom is 0.339 e. The number of carboxylic acids is 1. The fraction of sp³-hybridized carbons (Fsp3) is 0.0500. The molecule has 0 spiro atoms. The smallest absolute Gasteiger partial charge is 0.339 e. The van der Waals surface area contributed by atoms with Gasteiger partial charge in [-0.05, 0) is 6.07 Å². The zero-order valence-corrected chi connectivity index (χ0v) is 14.0. The molecule has 2 aromatic rings. The van der Waals surface area contributed by atoms with Gasteiger partial charge in [0.2, 0.25) is 0 Å². The molecule has 0 fully saturated rings. The topological polar surface area (TPSA) is 55.8 Å². The summed E-state index contributed by atoms with van der Waals surface area (Å²) < 4.78 is 12.2. The third kappa shape index (κ3) is 2.81. The molecular weight excluding hydrogens is 340 g/mol.